The molecule has 2 N–H and O–H groups in total. The zero-order valence-electron chi connectivity index (χ0n) is 10.9. The Morgan fingerprint density at radius 1 is 1.30 bits per heavy atom. The van der Waals surface area contributed by atoms with Gasteiger partial charge < -0.3 is 4.90 Å². The molecule has 0 spiro atoms. The lowest BCUT2D eigenvalue weighted by Crippen LogP contribution is -2.26. The summed E-state index contributed by atoms with van der Waals surface area (Å²) >= 11 is 0. The normalized spacial score (nSPS) is 19.6. The second-order valence-electron chi connectivity index (χ2n) is 5.15. The van der Waals surface area contributed by atoms with Gasteiger partial charge in [0.2, 0.25) is 10.0 Å². The zero-order chi connectivity index (χ0) is 14.2. The summed E-state index contributed by atoms with van der Waals surface area (Å²) in [6.07, 6.45) is 2.55. The van der Waals surface area contributed by atoms with E-state index in [1.54, 1.807) is 6.20 Å². The maximum absolute atomic E-state index is 11.1. The van der Waals surface area contributed by atoms with Crippen LogP contribution in [0.15, 0.2) is 30.5 Å². The van der Waals surface area contributed by atoms with Gasteiger partial charge in [0.25, 0.3) is 0 Å². The minimum absolute atomic E-state index is 0.0323. The molecule has 0 aliphatic carbocycles. The highest BCUT2D eigenvalue weighted by Gasteiger charge is 2.26. The maximum Gasteiger partial charge on any atom is 0.209 e. The number of fused-ring (bicyclic) bond motifs is 1. The van der Waals surface area contributed by atoms with Crippen molar-refractivity contribution in [1.29, 1.82) is 0 Å². The Morgan fingerprint density at radius 3 is 2.80 bits per heavy atom. The standard InChI is InChI=1S/C13H16N4O2S/c14-20(18,19)9-10-5-6-17(8-10)13-7-15-11-3-1-2-4-12(11)16-13/h1-4,7,10H,5-6,8-9H2,(H2,14,18,19). The molecule has 1 aliphatic heterocycles. The Kier molecular flexibility index (Phi) is 3.31. The zero-order valence-corrected chi connectivity index (χ0v) is 11.8. The summed E-state index contributed by atoms with van der Waals surface area (Å²) < 4.78 is 22.3. The summed E-state index contributed by atoms with van der Waals surface area (Å²) in [5.74, 6) is 0.892. The third-order valence-corrected chi connectivity index (χ3v) is 4.45. The van der Waals surface area contributed by atoms with E-state index in [4.69, 9.17) is 5.14 Å². The highest BCUT2D eigenvalue weighted by atomic mass is 32.2. The predicted octanol–water partition coefficient (Wildman–Crippen LogP) is 0.745. The van der Waals surface area contributed by atoms with Gasteiger partial charge >= 0.3 is 0 Å². The van der Waals surface area contributed by atoms with Crippen molar-refractivity contribution in [3.63, 3.8) is 0 Å². The van der Waals surface area contributed by atoms with Crippen LogP contribution in [0, 0.1) is 5.92 Å². The molecule has 0 saturated carbocycles. The molecule has 1 atom stereocenters. The number of nitrogens with two attached hydrogens (primary N) is 1. The number of hydrogen-bond donors (Lipinski definition) is 1. The summed E-state index contributed by atoms with van der Waals surface area (Å²) in [7, 11) is -3.41. The van der Waals surface area contributed by atoms with Crippen LogP contribution in [0.5, 0.6) is 0 Å². The third kappa shape index (κ3) is 2.88. The number of benzene rings is 1. The fourth-order valence-electron chi connectivity index (χ4n) is 2.61. The van der Waals surface area contributed by atoms with Crippen molar-refractivity contribution in [2.75, 3.05) is 23.7 Å². The molecular formula is C13H16N4O2S. The highest BCUT2D eigenvalue weighted by molar-refractivity contribution is 7.89. The first kappa shape index (κ1) is 13.3. The quantitative estimate of drug-likeness (QED) is 0.901. The molecular weight excluding hydrogens is 276 g/mol. The average Bonchev–Trinajstić information content (AvgIpc) is 2.84. The van der Waals surface area contributed by atoms with E-state index in [1.807, 2.05) is 24.3 Å². The first-order valence-corrected chi connectivity index (χ1v) is 8.20. The molecule has 3 rings (SSSR count). The van der Waals surface area contributed by atoms with Crippen molar-refractivity contribution < 1.29 is 8.42 Å². The molecule has 20 heavy (non-hydrogen) atoms. The van der Waals surface area contributed by atoms with E-state index in [-0.39, 0.29) is 11.7 Å². The minimum atomic E-state index is -3.41. The number of anilines is 1. The van der Waals surface area contributed by atoms with Crippen molar-refractivity contribution >= 4 is 26.9 Å². The first-order chi connectivity index (χ1) is 9.51. The van der Waals surface area contributed by atoms with Crippen LogP contribution in [0.2, 0.25) is 0 Å². The smallest absolute Gasteiger partial charge is 0.209 e. The monoisotopic (exact) mass is 292 g/mol. The molecule has 7 heteroatoms. The molecule has 0 amide bonds. The summed E-state index contributed by atoms with van der Waals surface area (Å²) in [6.45, 7) is 1.44. The second kappa shape index (κ2) is 4.99. The van der Waals surface area contributed by atoms with E-state index in [2.05, 4.69) is 14.9 Å². The molecule has 2 heterocycles. The molecule has 1 aliphatic rings. The third-order valence-electron chi connectivity index (χ3n) is 3.51. The average molecular weight is 292 g/mol. The van der Waals surface area contributed by atoms with Crippen molar-refractivity contribution in [2.45, 2.75) is 6.42 Å². The number of para-hydroxylation sites is 2. The predicted molar refractivity (Wildman–Crippen MR) is 77.8 cm³/mol. The van der Waals surface area contributed by atoms with Crippen LogP contribution in [0.4, 0.5) is 5.82 Å². The lowest BCUT2D eigenvalue weighted by molar-refractivity contribution is 0.573. The van der Waals surface area contributed by atoms with Gasteiger partial charge in [-0.2, -0.15) is 0 Å². The number of nitrogens with zero attached hydrogens (tertiary/aromatic N) is 3. The Bertz CT molecular complexity index is 732. The Hall–Kier alpha value is -1.73. The van der Waals surface area contributed by atoms with Gasteiger partial charge in [0.05, 0.1) is 23.0 Å². The molecule has 1 aromatic heterocycles. The number of primary sulfonamides is 1. The van der Waals surface area contributed by atoms with E-state index in [0.29, 0.717) is 6.54 Å². The van der Waals surface area contributed by atoms with Gasteiger partial charge in [-0.15, -0.1) is 0 Å². The number of rotatable bonds is 3. The van der Waals surface area contributed by atoms with E-state index in [0.717, 1.165) is 29.8 Å². The lowest BCUT2D eigenvalue weighted by atomic mass is 10.2. The van der Waals surface area contributed by atoms with Gasteiger partial charge in [0.1, 0.15) is 5.82 Å². The Balaban J connectivity index is 1.79. The molecule has 1 aromatic carbocycles. The summed E-state index contributed by atoms with van der Waals surface area (Å²) in [5.41, 5.74) is 1.71. The summed E-state index contributed by atoms with van der Waals surface area (Å²) in [5, 5.41) is 5.10. The van der Waals surface area contributed by atoms with Crippen LogP contribution in [-0.2, 0) is 10.0 Å². The second-order valence-corrected chi connectivity index (χ2v) is 6.81. The Labute approximate surface area is 117 Å². The molecule has 2 aromatic rings. The fourth-order valence-corrected chi connectivity index (χ4v) is 3.53. The molecule has 1 fully saturated rings. The molecule has 1 saturated heterocycles. The van der Waals surface area contributed by atoms with Gasteiger partial charge in [-0.05, 0) is 24.5 Å². The minimum Gasteiger partial charge on any atom is -0.355 e. The van der Waals surface area contributed by atoms with Gasteiger partial charge in [0.15, 0.2) is 0 Å². The molecule has 0 radical (unpaired) electrons. The molecule has 106 valence electrons. The SMILES string of the molecule is NS(=O)(=O)CC1CCN(c2cnc3ccccc3n2)C1. The Morgan fingerprint density at radius 2 is 2.05 bits per heavy atom. The molecule has 1 unspecified atom stereocenters. The van der Waals surface area contributed by atoms with Crippen molar-refractivity contribution in [3.05, 3.63) is 30.5 Å². The number of sulfonamides is 1. The van der Waals surface area contributed by atoms with E-state index in [1.165, 1.54) is 0 Å². The van der Waals surface area contributed by atoms with Gasteiger partial charge in [0, 0.05) is 13.1 Å². The van der Waals surface area contributed by atoms with Gasteiger partial charge in [-0.3, -0.25) is 4.98 Å². The van der Waals surface area contributed by atoms with Crippen LogP contribution in [0.1, 0.15) is 6.42 Å². The first-order valence-electron chi connectivity index (χ1n) is 6.48. The maximum atomic E-state index is 11.1. The largest absolute Gasteiger partial charge is 0.355 e. The molecule has 0 bridgehead atoms. The fraction of sp³-hybridized carbons (Fsp3) is 0.385. The van der Waals surface area contributed by atoms with Crippen LogP contribution >= 0.6 is 0 Å². The molecule has 6 nitrogen and oxygen atoms in total. The van der Waals surface area contributed by atoms with Gasteiger partial charge in [-0.1, -0.05) is 12.1 Å². The van der Waals surface area contributed by atoms with E-state index in [9.17, 15) is 8.42 Å². The highest BCUT2D eigenvalue weighted by Crippen LogP contribution is 2.23. The van der Waals surface area contributed by atoms with Gasteiger partial charge in [-0.25, -0.2) is 18.5 Å². The van der Waals surface area contributed by atoms with E-state index >= 15 is 0 Å². The van der Waals surface area contributed by atoms with Crippen molar-refractivity contribution in [1.82, 2.24) is 9.97 Å². The van der Waals surface area contributed by atoms with Crippen LogP contribution in [0.3, 0.4) is 0 Å². The lowest BCUT2D eigenvalue weighted by Gasteiger charge is -2.17. The van der Waals surface area contributed by atoms with Crippen LogP contribution < -0.4 is 10.0 Å². The van der Waals surface area contributed by atoms with Crippen molar-refractivity contribution in [2.24, 2.45) is 11.1 Å². The van der Waals surface area contributed by atoms with Crippen molar-refractivity contribution in [3.8, 4) is 0 Å². The van der Waals surface area contributed by atoms with Crippen LogP contribution in [-0.4, -0.2) is 37.2 Å². The van der Waals surface area contributed by atoms with Crippen LogP contribution in [0.25, 0.3) is 11.0 Å². The van der Waals surface area contributed by atoms with E-state index < -0.39 is 10.0 Å². The topological polar surface area (TPSA) is 89.2 Å². The summed E-state index contributed by atoms with van der Waals surface area (Å²) in [4.78, 5) is 11.0. The number of hydrogen-bond acceptors (Lipinski definition) is 5. The number of aromatic nitrogens is 2. The summed E-state index contributed by atoms with van der Waals surface area (Å²) in [6, 6.07) is 7.69.